The predicted octanol–water partition coefficient (Wildman–Crippen LogP) is -0.417. The van der Waals surface area contributed by atoms with Crippen LogP contribution in [0.15, 0.2) is 11.6 Å². The maximum Gasteiger partial charge on any atom is 0.187 e. The first-order valence-electron chi connectivity index (χ1n) is 24.3. The number of hydrogen-bond acceptors (Lipinski definition) is 18. The van der Waals surface area contributed by atoms with Gasteiger partial charge in [-0.3, -0.25) is 0 Å². The van der Waals surface area contributed by atoms with Crippen LogP contribution in [-0.2, 0) is 28.4 Å². The van der Waals surface area contributed by atoms with Gasteiger partial charge in [0.05, 0.1) is 38.1 Å². The summed E-state index contributed by atoms with van der Waals surface area (Å²) in [5, 5.41) is 129. The molecule has 7 fully saturated rings. The fourth-order valence-electron chi connectivity index (χ4n) is 15.3. The van der Waals surface area contributed by atoms with Gasteiger partial charge in [-0.05, 0) is 96.2 Å². The molecule has 25 atom stereocenters. The lowest BCUT2D eigenvalue weighted by Gasteiger charge is -2.73. The van der Waals surface area contributed by atoms with Crippen LogP contribution in [0.4, 0.5) is 0 Å². The lowest BCUT2D eigenvalue weighted by molar-refractivity contribution is -0.379. The van der Waals surface area contributed by atoms with E-state index >= 15 is 0 Å². The largest absolute Gasteiger partial charge is 0.394 e. The van der Waals surface area contributed by atoms with Crippen LogP contribution in [0.3, 0.4) is 0 Å². The highest BCUT2D eigenvalue weighted by Crippen LogP contribution is 2.76. The third-order valence-corrected chi connectivity index (χ3v) is 19.3. The molecule has 0 aromatic rings. The van der Waals surface area contributed by atoms with Crippen molar-refractivity contribution in [3.05, 3.63) is 11.6 Å². The molecule has 66 heavy (non-hydrogen) atoms. The van der Waals surface area contributed by atoms with E-state index in [4.69, 9.17) is 28.4 Å². The van der Waals surface area contributed by atoms with Gasteiger partial charge in [-0.2, -0.15) is 0 Å². The number of allylic oxidation sites excluding steroid dienone is 2. The Bertz CT molecular complexity index is 1760. The summed E-state index contributed by atoms with van der Waals surface area (Å²) >= 11 is 0. The molecule has 12 N–H and O–H groups in total. The minimum Gasteiger partial charge on any atom is -0.394 e. The van der Waals surface area contributed by atoms with Crippen LogP contribution in [0.1, 0.15) is 107 Å². The molecule has 3 saturated heterocycles. The topological polar surface area (TPSA) is 298 Å². The van der Waals surface area contributed by atoms with Crippen molar-refractivity contribution in [3.63, 3.8) is 0 Å². The lowest BCUT2D eigenvalue weighted by atomic mass is 9.33. The Morgan fingerprint density at radius 1 is 0.545 bits per heavy atom. The summed E-state index contributed by atoms with van der Waals surface area (Å²) in [5.41, 5.74) is -1.12. The zero-order valence-corrected chi connectivity index (χ0v) is 39.8. The summed E-state index contributed by atoms with van der Waals surface area (Å²) in [7, 11) is 0. The molecule has 4 saturated carbocycles. The first-order chi connectivity index (χ1) is 30.7. The molecule has 0 aromatic heterocycles. The molecule has 380 valence electrons. The molecule has 3 heterocycles. The fourth-order valence-corrected chi connectivity index (χ4v) is 15.3. The molecular formula is C48H80O18. The number of ether oxygens (including phenoxy) is 6. The molecule has 8 rings (SSSR count). The van der Waals surface area contributed by atoms with Gasteiger partial charge in [0, 0.05) is 5.41 Å². The van der Waals surface area contributed by atoms with Gasteiger partial charge in [0.25, 0.3) is 0 Å². The van der Waals surface area contributed by atoms with E-state index in [0.717, 1.165) is 25.7 Å². The average molecular weight is 945 g/mol. The maximum atomic E-state index is 12.8. The average Bonchev–Trinajstić information content (AvgIpc) is 3.25. The normalized spacial score (nSPS) is 55.7. The van der Waals surface area contributed by atoms with Gasteiger partial charge in [-0.1, -0.05) is 67.0 Å². The number of aliphatic hydroxyl groups excluding tert-OH is 12. The molecule has 0 bridgehead atoms. The first-order valence-corrected chi connectivity index (χ1v) is 24.3. The Kier molecular flexibility index (Phi) is 14.0. The number of hydrogen-bond donors (Lipinski definition) is 12. The Morgan fingerprint density at radius 3 is 1.62 bits per heavy atom. The molecule has 25 unspecified atom stereocenters. The Morgan fingerprint density at radius 2 is 1.06 bits per heavy atom. The molecular weight excluding hydrogens is 865 g/mol. The summed E-state index contributed by atoms with van der Waals surface area (Å²) in [6.45, 7) is 15.9. The minimum absolute atomic E-state index is 0.0343. The van der Waals surface area contributed by atoms with Crippen LogP contribution in [0.2, 0.25) is 0 Å². The second-order valence-electron chi connectivity index (χ2n) is 23.9. The van der Waals surface area contributed by atoms with E-state index < -0.39 is 152 Å². The molecule has 8 aliphatic rings. The zero-order chi connectivity index (χ0) is 48.4. The molecule has 0 radical (unpaired) electrons. The van der Waals surface area contributed by atoms with Crippen molar-refractivity contribution in [3.8, 4) is 0 Å². The molecule has 5 aliphatic carbocycles. The van der Waals surface area contributed by atoms with Gasteiger partial charge in [0.15, 0.2) is 18.9 Å². The van der Waals surface area contributed by atoms with E-state index in [0.29, 0.717) is 25.7 Å². The third-order valence-electron chi connectivity index (χ3n) is 19.3. The van der Waals surface area contributed by atoms with Gasteiger partial charge < -0.3 is 89.7 Å². The summed E-state index contributed by atoms with van der Waals surface area (Å²) in [5.74, 6) is -0.145. The van der Waals surface area contributed by atoms with Gasteiger partial charge >= 0.3 is 0 Å². The van der Waals surface area contributed by atoms with Crippen molar-refractivity contribution in [2.45, 2.75) is 217 Å². The van der Waals surface area contributed by atoms with Crippen LogP contribution >= 0.6 is 0 Å². The van der Waals surface area contributed by atoms with Crippen LogP contribution in [-0.4, -0.2) is 192 Å². The predicted molar refractivity (Wildman–Crippen MR) is 231 cm³/mol. The summed E-state index contributed by atoms with van der Waals surface area (Å²) in [6, 6.07) is 0. The monoisotopic (exact) mass is 945 g/mol. The van der Waals surface area contributed by atoms with Crippen LogP contribution in [0, 0.1) is 50.2 Å². The maximum absolute atomic E-state index is 12.8. The van der Waals surface area contributed by atoms with E-state index in [2.05, 4.69) is 47.6 Å². The van der Waals surface area contributed by atoms with Crippen molar-refractivity contribution < 1.29 is 89.7 Å². The SMILES string of the molecule is CC1(C)CCC2(C)C(OC3OC(CO)C(O)C(O)C3O)CC3(C)C(=CCC4C5(C)CCC(OC6OC(CO)C(O)C(O)C6OC6OC(CO)C(O)C(O)C6O)C(C)(C)C5C(O)CC43C)C2C1. The van der Waals surface area contributed by atoms with Crippen molar-refractivity contribution in [1.82, 2.24) is 0 Å². The number of rotatable bonds is 9. The van der Waals surface area contributed by atoms with Crippen LogP contribution < -0.4 is 0 Å². The van der Waals surface area contributed by atoms with Gasteiger partial charge in [0.2, 0.25) is 0 Å². The highest BCUT2D eigenvalue weighted by molar-refractivity contribution is 5.35. The quantitative estimate of drug-likeness (QED) is 0.103. The standard InChI is InChI=1S/C48H80O18/c1-43(2)13-14-45(5)22(15-43)21-9-10-27-46(6)12-11-28(64-42-38(35(58)32(55)26(20-51)63-42)66-41-37(60)34(57)31(54)25(19-50)62-41)44(3,4)39(46)23(52)16-48(27,8)47(21,7)17-29(45)65-40-36(59)33(56)30(53)24(18-49)61-40/h9,22-42,49-60H,10-20H2,1-8H3. The van der Waals surface area contributed by atoms with Crippen molar-refractivity contribution in [1.29, 1.82) is 0 Å². The second kappa shape index (κ2) is 17.9. The van der Waals surface area contributed by atoms with E-state index in [1.807, 2.05) is 13.8 Å². The van der Waals surface area contributed by atoms with E-state index in [1.54, 1.807) is 0 Å². The summed E-state index contributed by atoms with van der Waals surface area (Å²) in [6.07, 6.45) is -16.7. The second-order valence-corrected chi connectivity index (χ2v) is 23.9. The van der Waals surface area contributed by atoms with Gasteiger partial charge in [-0.25, -0.2) is 0 Å². The minimum atomic E-state index is -1.81. The van der Waals surface area contributed by atoms with Crippen molar-refractivity contribution in [2.75, 3.05) is 19.8 Å². The Labute approximate surface area is 387 Å². The molecule has 0 aromatic carbocycles. The highest BCUT2D eigenvalue weighted by atomic mass is 16.8. The molecule has 3 aliphatic heterocycles. The Hall–Kier alpha value is -0.980. The van der Waals surface area contributed by atoms with Gasteiger partial charge in [0.1, 0.15) is 73.2 Å². The molecule has 0 amide bonds. The van der Waals surface area contributed by atoms with E-state index in [9.17, 15) is 61.3 Å². The molecule has 18 nitrogen and oxygen atoms in total. The highest BCUT2D eigenvalue weighted by Gasteiger charge is 2.72. The molecule has 18 heteroatoms. The third kappa shape index (κ3) is 7.91. The van der Waals surface area contributed by atoms with Crippen molar-refractivity contribution >= 4 is 0 Å². The summed E-state index contributed by atoms with van der Waals surface area (Å²) < 4.78 is 37.3. The molecule has 0 spiro atoms. The van der Waals surface area contributed by atoms with Crippen LogP contribution in [0.25, 0.3) is 0 Å². The van der Waals surface area contributed by atoms with E-state index in [1.165, 1.54) is 5.57 Å². The number of fused-ring (bicyclic) bond motifs is 7. The number of aliphatic hydroxyl groups is 12. The summed E-state index contributed by atoms with van der Waals surface area (Å²) in [4.78, 5) is 0. The lowest BCUT2D eigenvalue weighted by Crippen LogP contribution is -2.70. The fraction of sp³-hybridized carbons (Fsp3) is 0.958. The van der Waals surface area contributed by atoms with Crippen LogP contribution in [0.5, 0.6) is 0 Å². The smallest absolute Gasteiger partial charge is 0.187 e. The van der Waals surface area contributed by atoms with Gasteiger partial charge in [-0.15, -0.1) is 0 Å². The van der Waals surface area contributed by atoms with Crippen molar-refractivity contribution in [2.24, 2.45) is 50.2 Å². The first kappa shape index (κ1) is 51.4. The van der Waals surface area contributed by atoms with E-state index in [-0.39, 0.29) is 28.6 Å². The zero-order valence-electron chi connectivity index (χ0n) is 39.8. The Balaban J connectivity index is 1.09.